The molecule has 0 aromatic heterocycles. The standard InChI is InChI=1S/C34H49N3O3/c1-4-21-37(22-5-2)34(40)30-18-12-17-29(24-30)33(39)36-25-31(28-15-10-7-11-16-28)23-26(3)32(38)35-20-19-27-13-8-6-9-14-27/h7,10-12,15-18,24,26-27,31H,4-6,8-9,13-14,19-23,25H2,1-3H3,(H,35,38)(H,36,39)/t26?,31-/m0/s1. The van der Waals surface area contributed by atoms with Crippen molar-refractivity contribution >= 4 is 17.7 Å². The molecular weight excluding hydrogens is 498 g/mol. The van der Waals surface area contributed by atoms with Crippen LogP contribution in [-0.2, 0) is 4.79 Å². The zero-order valence-electron chi connectivity index (χ0n) is 24.8. The van der Waals surface area contributed by atoms with Gasteiger partial charge in [-0.3, -0.25) is 14.4 Å². The third-order valence-electron chi connectivity index (χ3n) is 8.09. The Morgan fingerprint density at radius 1 is 0.875 bits per heavy atom. The number of benzene rings is 2. The minimum Gasteiger partial charge on any atom is -0.356 e. The summed E-state index contributed by atoms with van der Waals surface area (Å²) in [5.74, 6) is 0.405. The Kier molecular flexibility index (Phi) is 13.2. The van der Waals surface area contributed by atoms with Gasteiger partial charge in [-0.2, -0.15) is 0 Å². The van der Waals surface area contributed by atoms with Crippen molar-refractivity contribution in [3.05, 3.63) is 71.3 Å². The van der Waals surface area contributed by atoms with Crippen molar-refractivity contribution in [1.82, 2.24) is 15.5 Å². The van der Waals surface area contributed by atoms with Crippen LogP contribution in [0.4, 0.5) is 0 Å². The van der Waals surface area contributed by atoms with E-state index in [1.807, 2.05) is 30.0 Å². The summed E-state index contributed by atoms with van der Waals surface area (Å²) in [5.41, 5.74) is 2.11. The van der Waals surface area contributed by atoms with Crippen LogP contribution < -0.4 is 10.6 Å². The van der Waals surface area contributed by atoms with Crippen LogP contribution in [0.15, 0.2) is 54.6 Å². The number of nitrogens with one attached hydrogen (secondary N) is 2. The molecule has 1 fully saturated rings. The second-order valence-electron chi connectivity index (χ2n) is 11.4. The normalized spacial score (nSPS) is 15.2. The van der Waals surface area contributed by atoms with E-state index in [-0.39, 0.29) is 29.6 Å². The van der Waals surface area contributed by atoms with E-state index in [0.717, 1.165) is 37.3 Å². The molecule has 0 heterocycles. The second kappa shape index (κ2) is 16.8. The molecule has 1 unspecified atom stereocenters. The molecule has 218 valence electrons. The smallest absolute Gasteiger partial charge is 0.253 e. The first-order chi connectivity index (χ1) is 19.4. The van der Waals surface area contributed by atoms with Crippen molar-refractivity contribution in [2.24, 2.45) is 11.8 Å². The summed E-state index contributed by atoms with van der Waals surface area (Å²) >= 11 is 0. The molecule has 40 heavy (non-hydrogen) atoms. The summed E-state index contributed by atoms with van der Waals surface area (Å²) in [7, 11) is 0. The Morgan fingerprint density at radius 3 is 2.23 bits per heavy atom. The third kappa shape index (κ3) is 9.79. The monoisotopic (exact) mass is 547 g/mol. The van der Waals surface area contributed by atoms with E-state index in [4.69, 9.17) is 0 Å². The molecule has 2 atom stereocenters. The summed E-state index contributed by atoms with van der Waals surface area (Å²) in [5, 5.41) is 6.24. The fraction of sp³-hybridized carbons (Fsp3) is 0.559. The number of carbonyl (C=O) groups is 3. The van der Waals surface area contributed by atoms with Crippen molar-refractivity contribution in [2.45, 2.75) is 84.5 Å². The van der Waals surface area contributed by atoms with E-state index in [2.05, 4.69) is 36.6 Å². The van der Waals surface area contributed by atoms with E-state index >= 15 is 0 Å². The van der Waals surface area contributed by atoms with Crippen molar-refractivity contribution in [3.63, 3.8) is 0 Å². The summed E-state index contributed by atoms with van der Waals surface area (Å²) in [6, 6.07) is 17.1. The van der Waals surface area contributed by atoms with Gasteiger partial charge >= 0.3 is 0 Å². The van der Waals surface area contributed by atoms with E-state index in [1.54, 1.807) is 24.3 Å². The first-order valence-corrected chi connectivity index (χ1v) is 15.4. The molecule has 0 saturated heterocycles. The maximum Gasteiger partial charge on any atom is 0.253 e. The molecule has 1 saturated carbocycles. The number of hydrogen-bond acceptors (Lipinski definition) is 3. The number of amides is 3. The van der Waals surface area contributed by atoms with Gasteiger partial charge in [0.2, 0.25) is 5.91 Å². The van der Waals surface area contributed by atoms with Gasteiger partial charge in [0.25, 0.3) is 11.8 Å². The summed E-state index contributed by atoms with van der Waals surface area (Å²) in [4.78, 5) is 41.0. The predicted octanol–water partition coefficient (Wildman–Crippen LogP) is 6.58. The topological polar surface area (TPSA) is 78.5 Å². The largest absolute Gasteiger partial charge is 0.356 e. The molecule has 0 aliphatic heterocycles. The van der Waals surface area contributed by atoms with Gasteiger partial charge in [-0.15, -0.1) is 0 Å². The Morgan fingerprint density at radius 2 is 1.55 bits per heavy atom. The zero-order chi connectivity index (χ0) is 28.7. The lowest BCUT2D eigenvalue weighted by Gasteiger charge is -2.24. The molecule has 3 amide bonds. The van der Waals surface area contributed by atoms with Crippen LogP contribution in [0, 0.1) is 11.8 Å². The molecule has 1 aliphatic rings. The highest BCUT2D eigenvalue weighted by atomic mass is 16.2. The van der Waals surface area contributed by atoms with Crippen LogP contribution in [0.1, 0.15) is 111 Å². The predicted molar refractivity (Wildman–Crippen MR) is 162 cm³/mol. The van der Waals surface area contributed by atoms with Crippen molar-refractivity contribution in [3.8, 4) is 0 Å². The van der Waals surface area contributed by atoms with Gasteiger partial charge in [0.1, 0.15) is 0 Å². The molecule has 3 rings (SSSR count). The lowest BCUT2D eigenvalue weighted by Crippen LogP contribution is -2.34. The number of rotatable bonds is 15. The maximum atomic E-state index is 13.2. The third-order valence-corrected chi connectivity index (χ3v) is 8.09. The molecule has 0 radical (unpaired) electrons. The molecular formula is C34H49N3O3. The van der Waals surface area contributed by atoms with Gasteiger partial charge in [-0.25, -0.2) is 0 Å². The van der Waals surface area contributed by atoms with Gasteiger partial charge in [0, 0.05) is 49.1 Å². The summed E-state index contributed by atoms with van der Waals surface area (Å²) < 4.78 is 0. The molecule has 6 nitrogen and oxygen atoms in total. The summed E-state index contributed by atoms with van der Waals surface area (Å²) in [6.45, 7) is 8.65. The van der Waals surface area contributed by atoms with E-state index in [1.165, 1.54) is 32.1 Å². The maximum absolute atomic E-state index is 13.2. The lowest BCUT2D eigenvalue weighted by molar-refractivity contribution is -0.124. The molecule has 2 aromatic rings. The number of carbonyl (C=O) groups excluding carboxylic acids is 3. The Bertz CT molecular complexity index is 1060. The van der Waals surface area contributed by atoms with Gasteiger partial charge in [0.15, 0.2) is 0 Å². The Labute approximate surface area is 241 Å². The van der Waals surface area contributed by atoms with Crippen LogP contribution in [-0.4, -0.2) is 48.8 Å². The van der Waals surface area contributed by atoms with Crippen molar-refractivity contribution < 1.29 is 14.4 Å². The minimum atomic E-state index is -0.210. The van der Waals surface area contributed by atoms with Crippen LogP contribution in [0.25, 0.3) is 0 Å². The van der Waals surface area contributed by atoms with E-state index in [0.29, 0.717) is 37.2 Å². The molecule has 0 bridgehead atoms. The van der Waals surface area contributed by atoms with Gasteiger partial charge < -0.3 is 15.5 Å². The van der Waals surface area contributed by atoms with Crippen LogP contribution in [0.5, 0.6) is 0 Å². The molecule has 2 N–H and O–H groups in total. The van der Waals surface area contributed by atoms with Gasteiger partial charge in [-0.1, -0.05) is 89.3 Å². The highest BCUT2D eigenvalue weighted by Crippen LogP contribution is 2.26. The molecule has 1 aliphatic carbocycles. The lowest BCUT2D eigenvalue weighted by atomic mass is 9.87. The summed E-state index contributed by atoms with van der Waals surface area (Å²) in [6.07, 6.45) is 10.0. The first kappa shape index (κ1) is 31.4. The highest BCUT2D eigenvalue weighted by molar-refractivity contribution is 5.99. The Hall–Kier alpha value is -3.15. The van der Waals surface area contributed by atoms with Crippen molar-refractivity contribution in [2.75, 3.05) is 26.2 Å². The van der Waals surface area contributed by atoms with Gasteiger partial charge in [-0.05, 0) is 55.4 Å². The minimum absolute atomic E-state index is 0.00124. The average molecular weight is 548 g/mol. The fourth-order valence-electron chi connectivity index (χ4n) is 5.79. The van der Waals surface area contributed by atoms with Gasteiger partial charge in [0.05, 0.1) is 0 Å². The molecule has 0 spiro atoms. The highest BCUT2D eigenvalue weighted by Gasteiger charge is 2.22. The molecule has 6 heteroatoms. The number of hydrogen-bond donors (Lipinski definition) is 2. The SMILES string of the molecule is CCCN(CCC)C(=O)c1cccc(C(=O)NC[C@H](CC(C)C(=O)NCCC2CCCCC2)c2ccccc2)c1. The van der Waals surface area contributed by atoms with Crippen LogP contribution >= 0.6 is 0 Å². The van der Waals surface area contributed by atoms with E-state index in [9.17, 15) is 14.4 Å². The second-order valence-corrected chi connectivity index (χ2v) is 11.4. The average Bonchev–Trinajstić information content (AvgIpc) is 2.99. The van der Waals surface area contributed by atoms with Crippen molar-refractivity contribution in [1.29, 1.82) is 0 Å². The van der Waals surface area contributed by atoms with Crippen LogP contribution in [0.3, 0.4) is 0 Å². The van der Waals surface area contributed by atoms with E-state index < -0.39 is 0 Å². The first-order valence-electron chi connectivity index (χ1n) is 15.4. The quantitative estimate of drug-likeness (QED) is 0.265. The fourth-order valence-corrected chi connectivity index (χ4v) is 5.79. The number of nitrogens with zero attached hydrogens (tertiary/aromatic N) is 1. The Balaban J connectivity index is 1.60. The zero-order valence-corrected chi connectivity index (χ0v) is 24.8. The van der Waals surface area contributed by atoms with Crippen LogP contribution in [0.2, 0.25) is 0 Å². The molecule has 2 aromatic carbocycles.